The third-order valence-electron chi connectivity index (χ3n) is 2.22. The summed E-state index contributed by atoms with van der Waals surface area (Å²) >= 11 is 0. The van der Waals surface area contributed by atoms with Crippen LogP contribution in [0.25, 0.3) is 0 Å². The predicted octanol–water partition coefficient (Wildman–Crippen LogP) is -0.441. The van der Waals surface area contributed by atoms with Gasteiger partial charge in [0.15, 0.2) is 0 Å². The first-order valence-corrected chi connectivity index (χ1v) is 3.79. The molecule has 4 N–H and O–H groups in total. The number of hydrogen-bond acceptors (Lipinski definition) is 3. The van der Waals surface area contributed by atoms with Crippen LogP contribution in [-0.4, -0.2) is 28.3 Å². The second-order valence-electron chi connectivity index (χ2n) is 3.03. The molecule has 1 aliphatic rings. The number of hydrogen-bond donors (Lipinski definition) is 3. The molecule has 0 amide bonds. The minimum absolute atomic E-state index is 0.357. The van der Waals surface area contributed by atoms with E-state index in [-0.39, 0.29) is 6.04 Å². The first-order chi connectivity index (χ1) is 5.13. The molecule has 0 aliphatic heterocycles. The van der Waals surface area contributed by atoms with Crippen LogP contribution >= 0.6 is 0 Å². The van der Waals surface area contributed by atoms with Crippen LogP contribution in [0, 0.1) is 5.92 Å². The molecule has 3 atom stereocenters. The number of rotatable bonds is 1. The largest absolute Gasteiger partial charge is 0.481 e. The van der Waals surface area contributed by atoms with Crippen molar-refractivity contribution in [3.63, 3.8) is 0 Å². The molecule has 4 nitrogen and oxygen atoms in total. The van der Waals surface area contributed by atoms with E-state index in [0.717, 1.165) is 12.8 Å². The topological polar surface area (TPSA) is 83.6 Å². The molecule has 0 radical (unpaired) electrons. The minimum Gasteiger partial charge on any atom is -0.481 e. The lowest BCUT2D eigenvalue weighted by Crippen LogP contribution is -2.46. The molecular weight excluding hydrogens is 146 g/mol. The highest BCUT2D eigenvalue weighted by Crippen LogP contribution is 2.23. The Morgan fingerprint density at radius 1 is 1.45 bits per heavy atom. The summed E-state index contributed by atoms with van der Waals surface area (Å²) in [4.78, 5) is 10.5. The fourth-order valence-corrected chi connectivity index (χ4v) is 1.48. The maximum absolute atomic E-state index is 10.5. The molecule has 0 aromatic heterocycles. The number of carbonyl (C=O) groups is 1. The SMILES string of the molecule is N[C@@H]1CCC[C@H](C(=O)O)[C@@H]1O. The molecule has 0 aromatic carbocycles. The van der Waals surface area contributed by atoms with Crippen LogP contribution in [-0.2, 0) is 4.79 Å². The zero-order chi connectivity index (χ0) is 8.43. The third kappa shape index (κ3) is 1.70. The smallest absolute Gasteiger partial charge is 0.309 e. The predicted molar refractivity (Wildman–Crippen MR) is 39.0 cm³/mol. The van der Waals surface area contributed by atoms with Crippen molar-refractivity contribution >= 4 is 5.97 Å². The molecule has 0 saturated heterocycles. The maximum atomic E-state index is 10.5. The molecule has 0 unspecified atom stereocenters. The zero-order valence-corrected chi connectivity index (χ0v) is 6.23. The Balaban J connectivity index is 2.58. The van der Waals surface area contributed by atoms with Crippen molar-refractivity contribution in [3.8, 4) is 0 Å². The standard InChI is InChI=1S/C7H13NO3/c8-5-3-1-2-4(6(5)9)7(10)11/h4-6,9H,1-3,8H2,(H,10,11)/t4-,5+,6-/m0/s1. The summed E-state index contributed by atoms with van der Waals surface area (Å²) in [6.07, 6.45) is 1.21. The number of nitrogens with two attached hydrogens (primary N) is 1. The Labute approximate surface area is 65.0 Å². The van der Waals surface area contributed by atoms with E-state index < -0.39 is 18.0 Å². The molecule has 0 spiro atoms. The number of aliphatic hydroxyl groups excluding tert-OH is 1. The van der Waals surface area contributed by atoms with Gasteiger partial charge in [-0.3, -0.25) is 4.79 Å². The number of aliphatic carboxylic acids is 1. The van der Waals surface area contributed by atoms with Gasteiger partial charge in [0.25, 0.3) is 0 Å². The van der Waals surface area contributed by atoms with E-state index in [1.165, 1.54) is 0 Å². The summed E-state index contributed by atoms with van der Waals surface area (Å²) in [5.41, 5.74) is 5.49. The van der Waals surface area contributed by atoms with Gasteiger partial charge in [0.1, 0.15) is 0 Å². The maximum Gasteiger partial charge on any atom is 0.309 e. The van der Waals surface area contributed by atoms with Crippen LogP contribution in [0.4, 0.5) is 0 Å². The normalized spacial score (nSPS) is 38.5. The van der Waals surface area contributed by atoms with Crippen LogP contribution in [0.3, 0.4) is 0 Å². The third-order valence-corrected chi connectivity index (χ3v) is 2.22. The van der Waals surface area contributed by atoms with Gasteiger partial charge in [-0.1, -0.05) is 6.42 Å². The Kier molecular flexibility index (Phi) is 2.46. The van der Waals surface area contributed by atoms with Crippen molar-refractivity contribution in [2.24, 2.45) is 11.7 Å². The van der Waals surface area contributed by atoms with Crippen molar-refractivity contribution < 1.29 is 15.0 Å². The molecule has 1 saturated carbocycles. The van der Waals surface area contributed by atoms with E-state index in [1.54, 1.807) is 0 Å². The Hall–Kier alpha value is -0.610. The highest BCUT2D eigenvalue weighted by atomic mass is 16.4. The second kappa shape index (κ2) is 3.19. The van der Waals surface area contributed by atoms with E-state index in [0.29, 0.717) is 6.42 Å². The van der Waals surface area contributed by atoms with Crippen molar-refractivity contribution in [1.82, 2.24) is 0 Å². The number of carboxylic acid groups (broad SMARTS) is 1. The highest BCUT2D eigenvalue weighted by Gasteiger charge is 2.34. The van der Waals surface area contributed by atoms with Crippen LogP contribution in [0.15, 0.2) is 0 Å². The van der Waals surface area contributed by atoms with Gasteiger partial charge in [0.2, 0.25) is 0 Å². The van der Waals surface area contributed by atoms with Gasteiger partial charge in [-0.25, -0.2) is 0 Å². The lowest BCUT2D eigenvalue weighted by atomic mass is 9.83. The molecule has 1 rings (SSSR count). The van der Waals surface area contributed by atoms with Gasteiger partial charge in [0.05, 0.1) is 12.0 Å². The average Bonchev–Trinajstić information content (AvgIpc) is 1.94. The van der Waals surface area contributed by atoms with Gasteiger partial charge in [-0.15, -0.1) is 0 Å². The van der Waals surface area contributed by atoms with E-state index in [1.807, 2.05) is 0 Å². The average molecular weight is 159 g/mol. The summed E-state index contributed by atoms with van der Waals surface area (Å²) < 4.78 is 0. The monoisotopic (exact) mass is 159 g/mol. The number of carboxylic acids is 1. The summed E-state index contributed by atoms with van der Waals surface area (Å²) in [6, 6.07) is -0.357. The van der Waals surface area contributed by atoms with Crippen LogP contribution < -0.4 is 5.73 Å². The Bertz CT molecular complexity index is 160. The highest BCUT2D eigenvalue weighted by molar-refractivity contribution is 5.70. The van der Waals surface area contributed by atoms with E-state index >= 15 is 0 Å². The van der Waals surface area contributed by atoms with Crippen molar-refractivity contribution in [2.45, 2.75) is 31.4 Å². The Morgan fingerprint density at radius 2 is 2.09 bits per heavy atom. The van der Waals surface area contributed by atoms with Crippen LogP contribution in [0.2, 0.25) is 0 Å². The second-order valence-corrected chi connectivity index (χ2v) is 3.03. The lowest BCUT2D eigenvalue weighted by Gasteiger charge is -2.29. The van der Waals surface area contributed by atoms with E-state index in [9.17, 15) is 9.90 Å². The fraction of sp³-hybridized carbons (Fsp3) is 0.857. The van der Waals surface area contributed by atoms with Gasteiger partial charge in [0, 0.05) is 6.04 Å². The van der Waals surface area contributed by atoms with Crippen LogP contribution in [0.5, 0.6) is 0 Å². The quantitative estimate of drug-likeness (QED) is 0.484. The molecule has 11 heavy (non-hydrogen) atoms. The molecule has 0 bridgehead atoms. The summed E-state index contributed by atoms with van der Waals surface area (Å²) in [7, 11) is 0. The molecule has 1 fully saturated rings. The molecule has 64 valence electrons. The first-order valence-electron chi connectivity index (χ1n) is 3.79. The van der Waals surface area contributed by atoms with Crippen molar-refractivity contribution in [2.75, 3.05) is 0 Å². The van der Waals surface area contributed by atoms with Gasteiger partial charge < -0.3 is 15.9 Å². The van der Waals surface area contributed by atoms with Crippen molar-refractivity contribution in [1.29, 1.82) is 0 Å². The summed E-state index contributed by atoms with van der Waals surface area (Å²) in [5, 5.41) is 17.9. The number of aliphatic hydroxyl groups is 1. The molecule has 4 heteroatoms. The van der Waals surface area contributed by atoms with Crippen molar-refractivity contribution in [3.05, 3.63) is 0 Å². The first kappa shape index (κ1) is 8.49. The lowest BCUT2D eigenvalue weighted by molar-refractivity contribution is -0.147. The van der Waals surface area contributed by atoms with Gasteiger partial charge in [-0.2, -0.15) is 0 Å². The van der Waals surface area contributed by atoms with E-state index in [4.69, 9.17) is 10.8 Å². The summed E-state index contributed by atoms with van der Waals surface area (Å²) in [5.74, 6) is -1.59. The fourth-order valence-electron chi connectivity index (χ4n) is 1.48. The Morgan fingerprint density at radius 3 is 2.55 bits per heavy atom. The van der Waals surface area contributed by atoms with E-state index in [2.05, 4.69) is 0 Å². The molecule has 0 heterocycles. The van der Waals surface area contributed by atoms with Gasteiger partial charge >= 0.3 is 5.97 Å². The molecule has 1 aliphatic carbocycles. The molecule has 0 aromatic rings. The van der Waals surface area contributed by atoms with Gasteiger partial charge in [-0.05, 0) is 12.8 Å². The minimum atomic E-state index is -0.937. The molecular formula is C7H13NO3. The van der Waals surface area contributed by atoms with Crippen LogP contribution in [0.1, 0.15) is 19.3 Å². The zero-order valence-electron chi connectivity index (χ0n) is 6.23. The summed E-state index contributed by atoms with van der Waals surface area (Å²) in [6.45, 7) is 0.